The quantitative estimate of drug-likeness (QED) is 0.439. The maximum absolute atomic E-state index is 12.8. The summed E-state index contributed by atoms with van der Waals surface area (Å²) < 4.78 is 5.02. The second-order valence-electron chi connectivity index (χ2n) is 9.52. The van der Waals surface area contributed by atoms with Gasteiger partial charge in [-0.2, -0.15) is 15.5 Å². The van der Waals surface area contributed by atoms with Crippen LogP contribution in [0.1, 0.15) is 44.6 Å². The van der Waals surface area contributed by atoms with E-state index in [1.807, 2.05) is 23.7 Å². The van der Waals surface area contributed by atoms with Crippen LogP contribution in [0.15, 0.2) is 35.4 Å². The molecule has 1 aliphatic rings. The van der Waals surface area contributed by atoms with E-state index in [0.717, 1.165) is 53.3 Å². The lowest BCUT2D eigenvalue weighted by Crippen LogP contribution is -2.58. The number of hydrogen-bond acceptors (Lipinski definition) is 7. The lowest BCUT2D eigenvalue weighted by atomic mass is 10.00. The van der Waals surface area contributed by atoms with E-state index in [4.69, 9.17) is 10.2 Å². The van der Waals surface area contributed by atoms with Crippen molar-refractivity contribution in [2.45, 2.75) is 58.8 Å². The molecule has 0 spiro atoms. The Morgan fingerprint density at radius 3 is 2.80 bits per heavy atom. The van der Waals surface area contributed by atoms with Gasteiger partial charge < -0.3 is 9.47 Å². The fourth-order valence-corrected chi connectivity index (χ4v) is 5.27. The molecule has 10 heteroatoms. The highest BCUT2D eigenvalue weighted by Crippen LogP contribution is 2.33. The third-order valence-electron chi connectivity index (χ3n) is 7.23. The fraction of sp³-hybridized carbons (Fsp3) is 0.480. The van der Waals surface area contributed by atoms with Gasteiger partial charge >= 0.3 is 0 Å². The number of aromatic nitrogens is 6. The summed E-state index contributed by atoms with van der Waals surface area (Å²) in [6.07, 6.45) is 4.73. The molecule has 10 nitrogen and oxygen atoms in total. The van der Waals surface area contributed by atoms with E-state index >= 15 is 0 Å². The molecule has 0 aliphatic carbocycles. The summed E-state index contributed by atoms with van der Waals surface area (Å²) in [5.41, 5.74) is 5.11. The first-order valence-electron chi connectivity index (χ1n) is 12.1. The molecule has 1 saturated heterocycles. The Morgan fingerprint density at radius 1 is 1.26 bits per heavy atom. The summed E-state index contributed by atoms with van der Waals surface area (Å²) in [5, 5.41) is 18.2. The number of anilines is 1. The van der Waals surface area contributed by atoms with Crippen molar-refractivity contribution in [1.82, 2.24) is 33.8 Å². The first-order chi connectivity index (χ1) is 16.8. The van der Waals surface area contributed by atoms with E-state index < -0.39 is 0 Å². The molecule has 5 rings (SSSR count). The van der Waals surface area contributed by atoms with Crippen LogP contribution in [-0.4, -0.2) is 59.0 Å². The number of fused-ring (bicyclic) bond motifs is 2. The Hall–Kier alpha value is -3.71. The van der Waals surface area contributed by atoms with E-state index in [9.17, 15) is 4.79 Å². The van der Waals surface area contributed by atoms with E-state index in [1.54, 1.807) is 28.6 Å². The first kappa shape index (κ1) is 23.1. The van der Waals surface area contributed by atoms with Gasteiger partial charge in [0.25, 0.3) is 5.56 Å². The van der Waals surface area contributed by atoms with E-state index in [2.05, 4.69) is 52.9 Å². The van der Waals surface area contributed by atoms with Crippen LogP contribution in [0, 0.1) is 18.3 Å². The van der Waals surface area contributed by atoms with Crippen LogP contribution < -0.4 is 10.5 Å². The van der Waals surface area contributed by atoms with Crippen molar-refractivity contribution in [3.8, 4) is 6.07 Å². The number of hydrogen-bond donors (Lipinski definition) is 0. The number of nitriles is 1. The Morgan fingerprint density at radius 2 is 2.06 bits per heavy atom. The van der Waals surface area contributed by atoms with Gasteiger partial charge in [0, 0.05) is 56.6 Å². The van der Waals surface area contributed by atoms with E-state index in [1.165, 1.54) is 0 Å². The van der Waals surface area contributed by atoms with Crippen molar-refractivity contribution >= 4 is 22.4 Å². The highest BCUT2D eigenvalue weighted by molar-refractivity contribution is 5.88. The molecule has 4 aromatic rings. The third-order valence-corrected chi connectivity index (χ3v) is 7.23. The Kier molecular flexibility index (Phi) is 5.81. The van der Waals surface area contributed by atoms with Crippen molar-refractivity contribution in [1.29, 1.82) is 5.26 Å². The van der Waals surface area contributed by atoms with Gasteiger partial charge in [0.15, 0.2) is 5.65 Å². The van der Waals surface area contributed by atoms with E-state index in [-0.39, 0.29) is 30.2 Å². The summed E-state index contributed by atoms with van der Waals surface area (Å²) in [4.78, 5) is 22.5. The Balaban J connectivity index is 1.48. The molecule has 0 bridgehead atoms. The third kappa shape index (κ3) is 3.96. The molecule has 1 aliphatic heterocycles. The highest BCUT2D eigenvalue weighted by Gasteiger charge is 2.35. The summed E-state index contributed by atoms with van der Waals surface area (Å²) >= 11 is 0. The zero-order valence-corrected chi connectivity index (χ0v) is 20.9. The van der Waals surface area contributed by atoms with Crippen LogP contribution in [0.3, 0.4) is 0 Å². The SMILES string of the molecule is CC[C@@H]1CN(c2cc(=O)n(C)c3cn(CC#N)nc23)[C@@H](C)CN1[C@H](C)c1ccn2nc(C)cc2n1. The summed E-state index contributed by atoms with van der Waals surface area (Å²) in [5.74, 6) is 0. The second-order valence-corrected chi connectivity index (χ2v) is 9.52. The maximum atomic E-state index is 12.8. The molecule has 1 fully saturated rings. The van der Waals surface area contributed by atoms with Gasteiger partial charge in [0.2, 0.25) is 0 Å². The fourth-order valence-electron chi connectivity index (χ4n) is 5.27. The number of pyridine rings is 1. The van der Waals surface area contributed by atoms with Gasteiger partial charge in [-0.25, -0.2) is 9.50 Å². The molecule has 5 heterocycles. The van der Waals surface area contributed by atoms with Gasteiger partial charge in [-0.1, -0.05) is 6.92 Å². The predicted molar refractivity (Wildman–Crippen MR) is 134 cm³/mol. The van der Waals surface area contributed by atoms with Crippen LogP contribution in [-0.2, 0) is 13.6 Å². The normalized spacial score (nSPS) is 19.9. The molecular formula is C25H31N9O. The molecule has 4 aromatic heterocycles. The van der Waals surface area contributed by atoms with Gasteiger partial charge in [0.1, 0.15) is 12.1 Å². The van der Waals surface area contributed by atoms with Gasteiger partial charge in [0.05, 0.1) is 34.9 Å². The van der Waals surface area contributed by atoms with Crippen LogP contribution in [0.25, 0.3) is 16.7 Å². The highest BCUT2D eigenvalue weighted by atomic mass is 16.1. The Bertz CT molecular complexity index is 1490. The Labute approximate surface area is 204 Å². The molecule has 3 atom stereocenters. The number of piperazine rings is 1. The summed E-state index contributed by atoms with van der Waals surface area (Å²) in [7, 11) is 1.75. The first-order valence-corrected chi connectivity index (χ1v) is 12.1. The zero-order valence-electron chi connectivity index (χ0n) is 20.9. The zero-order chi connectivity index (χ0) is 24.9. The lowest BCUT2D eigenvalue weighted by Gasteiger charge is -2.48. The monoisotopic (exact) mass is 473 g/mol. The lowest BCUT2D eigenvalue weighted by molar-refractivity contribution is 0.104. The molecule has 182 valence electrons. The largest absolute Gasteiger partial charge is 0.364 e. The molecule has 0 saturated carbocycles. The van der Waals surface area contributed by atoms with Gasteiger partial charge in [-0.15, -0.1) is 0 Å². The maximum Gasteiger partial charge on any atom is 0.252 e. The van der Waals surface area contributed by atoms with Crippen LogP contribution in [0.5, 0.6) is 0 Å². The molecule has 0 unspecified atom stereocenters. The van der Waals surface area contributed by atoms with Gasteiger partial charge in [-0.3, -0.25) is 14.4 Å². The number of rotatable bonds is 5. The van der Waals surface area contributed by atoms with Crippen molar-refractivity contribution in [2.24, 2.45) is 7.05 Å². The molecular weight excluding hydrogens is 442 g/mol. The van der Waals surface area contributed by atoms with Crippen molar-refractivity contribution in [2.75, 3.05) is 18.0 Å². The van der Waals surface area contributed by atoms with Crippen molar-refractivity contribution in [3.63, 3.8) is 0 Å². The van der Waals surface area contributed by atoms with Crippen LogP contribution in [0.4, 0.5) is 5.69 Å². The topological polar surface area (TPSA) is 100 Å². The summed E-state index contributed by atoms with van der Waals surface area (Å²) in [6, 6.07) is 8.46. The minimum atomic E-state index is -0.0753. The number of nitrogens with zero attached hydrogens (tertiary/aromatic N) is 9. The molecule has 0 amide bonds. The average molecular weight is 474 g/mol. The standard InChI is InChI=1S/C25H31N9O/c1-6-19-14-32(21-12-24(35)30(5)22-15-31(10-8-26)29-25(21)22)17(3)13-33(19)18(4)20-7-9-34-23(27-20)11-16(2)28-34/h7,9,11-12,15,17-19H,6,10,13-14H2,1-5H3/t17-,18+,19+/m0/s1. The molecule has 0 N–H and O–H groups in total. The second kappa shape index (κ2) is 8.82. The molecule has 35 heavy (non-hydrogen) atoms. The predicted octanol–water partition coefficient (Wildman–Crippen LogP) is 2.66. The van der Waals surface area contributed by atoms with Crippen LogP contribution >= 0.6 is 0 Å². The minimum absolute atomic E-state index is 0.0753. The smallest absolute Gasteiger partial charge is 0.252 e. The van der Waals surface area contributed by atoms with Crippen LogP contribution in [0.2, 0.25) is 0 Å². The molecule has 0 radical (unpaired) electrons. The number of aryl methyl sites for hydroxylation is 2. The van der Waals surface area contributed by atoms with E-state index in [0.29, 0.717) is 0 Å². The summed E-state index contributed by atoms with van der Waals surface area (Å²) in [6.45, 7) is 10.4. The average Bonchev–Trinajstić information content (AvgIpc) is 3.43. The minimum Gasteiger partial charge on any atom is -0.364 e. The van der Waals surface area contributed by atoms with Crippen molar-refractivity contribution in [3.05, 3.63) is 52.3 Å². The molecule has 0 aromatic carbocycles. The van der Waals surface area contributed by atoms with Gasteiger partial charge in [-0.05, 0) is 33.3 Å². The van der Waals surface area contributed by atoms with Crippen molar-refractivity contribution < 1.29 is 0 Å².